The van der Waals surface area contributed by atoms with Crippen molar-refractivity contribution >= 4 is 27.8 Å². The van der Waals surface area contributed by atoms with Crippen LogP contribution < -0.4 is 4.74 Å². The number of carbonyl (C=O) groups is 1. The minimum Gasteiger partial charge on any atom is -0.470 e. The summed E-state index contributed by atoms with van der Waals surface area (Å²) in [6.07, 6.45) is 7.98. The summed E-state index contributed by atoms with van der Waals surface area (Å²) in [5.74, 6) is 2.14. The second kappa shape index (κ2) is 8.39. The van der Waals surface area contributed by atoms with Crippen LogP contribution in [0.25, 0.3) is 21.9 Å². The van der Waals surface area contributed by atoms with Crippen molar-refractivity contribution in [2.75, 3.05) is 6.54 Å². The van der Waals surface area contributed by atoms with Gasteiger partial charge in [-0.2, -0.15) is 0 Å². The number of aromatic nitrogens is 3. The lowest BCUT2D eigenvalue weighted by Gasteiger charge is -2.30. The van der Waals surface area contributed by atoms with Crippen LogP contribution in [0, 0.1) is 11.8 Å². The van der Waals surface area contributed by atoms with E-state index in [2.05, 4.69) is 35.7 Å². The topological polar surface area (TPSA) is 71.1 Å². The Kier molecular flexibility index (Phi) is 5.69. The van der Waals surface area contributed by atoms with Crippen LogP contribution >= 0.6 is 0 Å². The molecule has 0 radical (unpaired) electrons. The SMILES string of the molecule is CC(C)CCC(C)CC(Oc1ccc2c(c1)ncc1[nH]cnc12)N1CCCC1=O. The summed E-state index contributed by atoms with van der Waals surface area (Å²) in [7, 11) is 0. The van der Waals surface area contributed by atoms with Crippen LogP contribution in [0.5, 0.6) is 5.75 Å². The number of nitrogens with zero attached hydrogens (tertiary/aromatic N) is 3. The number of ether oxygens (including phenoxy) is 1. The van der Waals surface area contributed by atoms with Gasteiger partial charge in [0.05, 0.1) is 29.1 Å². The number of hydrogen-bond donors (Lipinski definition) is 1. The van der Waals surface area contributed by atoms with Crippen LogP contribution in [0.15, 0.2) is 30.7 Å². The minimum absolute atomic E-state index is 0.197. The normalized spacial score (nSPS) is 16.8. The van der Waals surface area contributed by atoms with Crippen LogP contribution in [0.1, 0.15) is 52.9 Å². The van der Waals surface area contributed by atoms with Crippen LogP contribution in [0.2, 0.25) is 0 Å². The predicted molar refractivity (Wildman–Crippen MR) is 115 cm³/mol. The van der Waals surface area contributed by atoms with Gasteiger partial charge in [0.1, 0.15) is 5.75 Å². The molecule has 1 aliphatic rings. The maximum Gasteiger partial charge on any atom is 0.225 e. The zero-order valence-corrected chi connectivity index (χ0v) is 17.5. The smallest absolute Gasteiger partial charge is 0.225 e. The van der Waals surface area contributed by atoms with Gasteiger partial charge in [-0.05, 0) is 30.4 Å². The average molecular weight is 395 g/mol. The Morgan fingerprint density at radius 2 is 2.07 bits per heavy atom. The standard InChI is InChI=1S/C23H30N4O2/c1-15(2)6-7-16(3)11-22(27-10-4-5-21(27)28)29-17-8-9-18-19(12-17)24-13-20-23(18)26-14-25-20/h8-9,12-16,22H,4-7,10-11H2,1-3H3,(H,25,26). The van der Waals surface area contributed by atoms with Crippen LogP contribution in [0.4, 0.5) is 0 Å². The van der Waals surface area contributed by atoms with Gasteiger partial charge < -0.3 is 14.6 Å². The van der Waals surface area contributed by atoms with Gasteiger partial charge in [-0.25, -0.2) is 4.98 Å². The number of imidazole rings is 1. The van der Waals surface area contributed by atoms with Crippen molar-refractivity contribution in [3.8, 4) is 5.75 Å². The summed E-state index contributed by atoms with van der Waals surface area (Å²) in [4.78, 5) is 26.3. The summed E-state index contributed by atoms with van der Waals surface area (Å²) >= 11 is 0. The average Bonchev–Trinajstić information content (AvgIpc) is 3.34. The van der Waals surface area contributed by atoms with E-state index in [1.165, 1.54) is 6.42 Å². The Balaban J connectivity index is 1.55. The number of pyridine rings is 1. The Labute approximate surface area is 171 Å². The molecule has 3 aromatic rings. The molecule has 1 N–H and O–H groups in total. The van der Waals surface area contributed by atoms with Crippen molar-refractivity contribution in [1.82, 2.24) is 19.9 Å². The van der Waals surface area contributed by atoms with Crippen LogP contribution in [0.3, 0.4) is 0 Å². The highest BCUT2D eigenvalue weighted by Crippen LogP contribution is 2.29. The number of nitrogens with one attached hydrogen (secondary N) is 1. The fourth-order valence-electron chi connectivity index (χ4n) is 4.09. The first-order valence-corrected chi connectivity index (χ1v) is 10.7. The number of rotatable bonds is 8. The Morgan fingerprint density at radius 3 is 2.83 bits per heavy atom. The predicted octanol–water partition coefficient (Wildman–Crippen LogP) is 4.90. The van der Waals surface area contributed by atoms with Crippen molar-refractivity contribution in [3.63, 3.8) is 0 Å². The number of hydrogen-bond acceptors (Lipinski definition) is 4. The molecule has 2 unspecified atom stereocenters. The van der Waals surface area contributed by atoms with E-state index in [1.807, 2.05) is 23.1 Å². The summed E-state index contributed by atoms with van der Waals surface area (Å²) < 4.78 is 6.38. The molecule has 0 spiro atoms. The van der Waals surface area contributed by atoms with Gasteiger partial charge in [0, 0.05) is 30.8 Å². The molecular weight excluding hydrogens is 364 g/mol. The molecule has 0 bridgehead atoms. The number of benzene rings is 1. The molecule has 4 rings (SSSR count). The van der Waals surface area contributed by atoms with Crippen molar-refractivity contribution < 1.29 is 9.53 Å². The summed E-state index contributed by atoms with van der Waals surface area (Å²) in [6, 6.07) is 5.92. The van der Waals surface area contributed by atoms with E-state index < -0.39 is 0 Å². The molecule has 6 heteroatoms. The molecule has 0 saturated carbocycles. The van der Waals surface area contributed by atoms with Crippen molar-refractivity contribution in [3.05, 3.63) is 30.7 Å². The number of aromatic amines is 1. The first-order valence-electron chi connectivity index (χ1n) is 10.7. The lowest BCUT2D eigenvalue weighted by molar-refractivity contribution is -0.135. The molecule has 1 aliphatic heterocycles. The van der Waals surface area contributed by atoms with Crippen molar-refractivity contribution in [1.29, 1.82) is 0 Å². The first-order chi connectivity index (χ1) is 14.0. The number of amides is 1. The number of H-pyrrole nitrogens is 1. The highest BCUT2D eigenvalue weighted by atomic mass is 16.5. The third-order valence-electron chi connectivity index (χ3n) is 5.80. The van der Waals surface area contributed by atoms with Crippen molar-refractivity contribution in [2.45, 2.75) is 59.1 Å². The molecule has 6 nitrogen and oxygen atoms in total. The number of carbonyl (C=O) groups excluding carboxylic acids is 1. The molecule has 29 heavy (non-hydrogen) atoms. The fourth-order valence-corrected chi connectivity index (χ4v) is 4.09. The second-order valence-corrected chi connectivity index (χ2v) is 8.68. The van der Waals surface area contributed by atoms with Crippen LogP contribution in [-0.4, -0.2) is 38.5 Å². The van der Waals surface area contributed by atoms with Gasteiger partial charge in [-0.1, -0.05) is 33.6 Å². The van der Waals surface area contributed by atoms with Gasteiger partial charge in [0.25, 0.3) is 0 Å². The number of likely N-dealkylation sites (tertiary alicyclic amines) is 1. The van der Waals surface area contributed by atoms with Gasteiger partial charge in [0.2, 0.25) is 5.91 Å². The molecule has 1 amide bonds. The van der Waals surface area contributed by atoms with E-state index >= 15 is 0 Å². The summed E-state index contributed by atoms with van der Waals surface area (Å²) in [6.45, 7) is 7.54. The molecule has 2 aromatic heterocycles. The minimum atomic E-state index is -0.223. The molecule has 3 heterocycles. The monoisotopic (exact) mass is 394 g/mol. The summed E-state index contributed by atoms with van der Waals surface area (Å²) in [5, 5.41) is 0.996. The fraction of sp³-hybridized carbons (Fsp3) is 0.522. The highest BCUT2D eigenvalue weighted by Gasteiger charge is 2.30. The quantitative estimate of drug-likeness (QED) is 0.590. The largest absolute Gasteiger partial charge is 0.470 e. The maximum absolute atomic E-state index is 12.4. The molecule has 1 aromatic carbocycles. The zero-order chi connectivity index (χ0) is 20.4. The third-order valence-corrected chi connectivity index (χ3v) is 5.80. The van der Waals surface area contributed by atoms with Crippen LogP contribution in [-0.2, 0) is 4.79 Å². The van der Waals surface area contributed by atoms with E-state index in [9.17, 15) is 4.79 Å². The maximum atomic E-state index is 12.4. The Hall–Kier alpha value is -2.63. The second-order valence-electron chi connectivity index (χ2n) is 8.68. The molecular formula is C23H30N4O2. The Morgan fingerprint density at radius 1 is 1.21 bits per heavy atom. The van der Waals surface area contributed by atoms with E-state index in [-0.39, 0.29) is 12.1 Å². The lowest BCUT2D eigenvalue weighted by Crippen LogP contribution is -2.41. The van der Waals surface area contributed by atoms with Gasteiger partial charge in [-0.3, -0.25) is 9.78 Å². The molecule has 0 aliphatic carbocycles. The van der Waals surface area contributed by atoms with E-state index in [4.69, 9.17) is 4.74 Å². The molecule has 1 fully saturated rings. The first kappa shape index (κ1) is 19.7. The van der Waals surface area contributed by atoms with E-state index in [1.54, 1.807) is 12.5 Å². The summed E-state index contributed by atoms with van der Waals surface area (Å²) in [5.41, 5.74) is 2.68. The Bertz CT molecular complexity index is 997. The van der Waals surface area contributed by atoms with Crippen molar-refractivity contribution in [2.24, 2.45) is 11.8 Å². The molecule has 154 valence electrons. The van der Waals surface area contributed by atoms with Gasteiger partial charge >= 0.3 is 0 Å². The zero-order valence-electron chi connectivity index (χ0n) is 17.5. The van der Waals surface area contributed by atoms with Gasteiger partial charge in [0.15, 0.2) is 6.23 Å². The van der Waals surface area contributed by atoms with Gasteiger partial charge in [-0.15, -0.1) is 0 Å². The molecule has 1 saturated heterocycles. The number of fused-ring (bicyclic) bond motifs is 3. The highest BCUT2D eigenvalue weighted by molar-refractivity contribution is 6.01. The third kappa shape index (κ3) is 4.36. The van der Waals surface area contributed by atoms with E-state index in [0.717, 1.165) is 53.5 Å². The van der Waals surface area contributed by atoms with E-state index in [0.29, 0.717) is 18.3 Å². The molecule has 2 atom stereocenters. The lowest BCUT2D eigenvalue weighted by atomic mass is 9.96.